The molecule has 3 rings (SSSR count). The van der Waals surface area contributed by atoms with E-state index in [1.807, 2.05) is 0 Å². The van der Waals surface area contributed by atoms with Gasteiger partial charge in [0, 0.05) is 24.1 Å². The SMILES string of the molecule is CCC(NC(=O)c1nc(Nc2cc(F)cc(F)c2)cc2c1OCO2)S(C)(=O)=O. The summed E-state index contributed by atoms with van der Waals surface area (Å²) in [5.74, 6) is -2.07. The number of carbonyl (C=O) groups is 1. The van der Waals surface area contributed by atoms with E-state index in [0.717, 1.165) is 18.4 Å². The molecular formula is C17H17F2N3O5S. The van der Waals surface area contributed by atoms with Gasteiger partial charge in [-0.25, -0.2) is 22.2 Å². The minimum atomic E-state index is -3.53. The van der Waals surface area contributed by atoms with Gasteiger partial charge in [-0.3, -0.25) is 4.79 Å². The molecule has 1 aromatic carbocycles. The molecule has 8 nitrogen and oxygen atoms in total. The lowest BCUT2D eigenvalue weighted by Gasteiger charge is -2.16. The number of nitrogens with zero attached hydrogens (tertiary/aromatic N) is 1. The molecular weight excluding hydrogens is 396 g/mol. The number of ether oxygens (including phenoxy) is 2. The van der Waals surface area contributed by atoms with E-state index in [-0.39, 0.29) is 41.9 Å². The van der Waals surface area contributed by atoms with Gasteiger partial charge in [-0.15, -0.1) is 0 Å². The summed E-state index contributed by atoms with van der Waals surface area (Å²) in [7, 11) is -3.53. The molecule has 0 bridgehead atoms. The Morgan fingerprint density at radius 3 is 2.50 bits per heavy atom. The van der Waals surface area contributed by atoms with Gasteiger partial charge in [0.1, 0.15) is 22.8 Å². The molecule has 0 fully saturated rings. The highest BCUT2D eigenvalue weighted by atomic mass is 32.2. The second-order valence-electron chi connectivity index (χ2n) is 6.07. The quantitative estimate of drug-likeness (QED) is 0.749. The first-order valence-electron chi connectivity index (χ1n) is 8.21. The number of carbonyl (C=O) groups excluding carboxylic acids is 1. The average Bonchev–Trinajstić information content (AvgIpc) is 3.05. The zero-order valence-corrected chi connectivity index (χ0v) is 15.8. The summed E-state index contributed by atoms with van der Waals surface area (Å²) in [6.45, 7) is 1.46. The Morgan fingerprint density at radius 2 is 1.89 bits per heavy atom. The van der Waals surface area contributed by atoms with E-state index >= 15 is 0 Å². The van der Waals surface area contributed by atoms with Crippen LogP contribution in [-0.2, 0) is 9.84 Å². The number of aromatic nitrogens is 1. The van der Waals surface area contributed by atoms with Crippen LogP contribution in [0.3, 0.4) is 0 Å². The van der Waals surface area contributed by atoms with E-state index in [9.17, 15) is 22.0 Å². The van der Waals surface area contributed by atoms with Crippen LogP contribution in [0.2, 0.25) is 0 Å². The topological polar surface area (TPSA) is 107 Å². The van der Waals surface area contributed by atoms with Gasteiger partial charge in [0.15, 0.2) is 27.0 Å². The molecule has 1 atom stereocenters. The number of fused-ring (bicyclic) bond motifs is 1. The first-order valence-corrected chi connectivity index (χ1v) is 10.2. The van der Waals surface area contributed by atoms with Gasteiger partial charge in [0.25, 0.3) is 5.91 Å². The fourth-order valence-electron chi connectivity index (χ4n) is 2.63. The number of amides is 1. The average molecular weight is 413 g/mol. The number of benzene rings is 1. The molecule has 1 aliphatic heterocycles. The van der Waals surface area contributed by atoms with E-state index in [4.69, 9.17) is 9.47 Å². The summed E-state index contributed by atoms with van der Waals surface area (Å²) >= 11 is 0. The lowest BCUT2D eigenvalue weighted by atomic mass is 10.2. The zero-order chi connectivity index (χ0) is 20.5. The molecule has 1 amide bonds. The summed E-state index contributed by atoms with van der Waals surface area (Å²) in [6.07, 6.45) is 1.17. The van der Waals surface area contributed by atoms with Gasteiger partial charge in [-0.1, -0.05) is 6.92 Å². The lowest BCUT2D eigenvalue weighted by Crippen LogP contribution is -2.40. The smallest absolute Gasteiger partial charge is 0.275 e. The van der Waals surface area contributed by atoms with Crippen LogP contribution in [0.25, 0.3) is 0 Å². The largest absolute Gasteiger partial charge is 0.453 e. The van der Waals surface area contributed by atoms with E-state index in [2.05, 4.69) is 15.6 Å². The third-order valence-electron chi connectivity index (χ3n) is 3.89. The number of halogens is 2. The van der Waals surface area contributed by atoms with Crippen LogP contribution in [0.1, 0.15) is 23.8 Å². The van der Waals surface area contributed by atoms with Crippen LogP contribution < -0.4 is 20.1 Å². The van der Waals surface area contributed by atoms with Crippen molar-refractivity contribution in [3.63, 3.8) is 0 Å². The Morgan fingerprint density at radius 1 is 1.21 bits per heavy atom. The van der Waals surface area contributed by atoms with Crippen molar-refractivity contribution in [3.05, 3.63) is 41.6 Å². The van der Waals surface area contributed by atoms with E-state index in [0.29, 0.717) is 6.07 Å². The Kier molecular flexibility index (Phi) is 5.36. The molecule has 2 heterocycles. The first-order chi connectivity index (χ1) is 13.2. The van der Waals surface area contributed by atoms with Gasteiger partial charge in [0.05, 0.1) is 0 Å². The standard InChI is InChI=1S/C17H17F2N3O5S/c1-3-14(28(2,24)25)22-17(23)15-16-12(26-8-27-16)7-13(21-15)20-11-5-9(18)4-10(19)6-11/h4-7,14H,3,8H2,1-2H3,(H,20,21)(H,22,23). The van der Waals surface area contributed by atoms with Gasteiger partial charge < -0.3 is 20.1 Å². The molecule has 0 saturated carbocycles. The van der Waals surface area contributed by atoms with Gasteiger partial charge >= 0.3 is 0 Å². The molecule has 0 saturated heterocycles. The predicted octanol–water partition coefficient (Wildman–Crippen LogP) is 2.34. The van der Waals surface area contributed by atoms with Crippen LogP contribution in [0.5, 0.6) is 11.5 Å². The third kappa shape index (κ3) is 4.30. The summed E-state index contributed by atoms with van der Waals surface area (Å²) < 4.78 is 60.8. The normalized spacial score (nSPS) is 13.9. The summed E-state index contributed by atoms with van der Waals surface area (Å²) in [5.41, 5.74) is -0.144. The molecule has 0 spiro atoms. The number of sulfone groups is 1. The highest BCUT2D eigenvalue weighted by molar-refractivity contribution is 7.91. The molecule has 0 aliphatic carbocycles. The summed E-state index contributed by atoms with van der Waals surface area (Å²) in [4.78, 5) is 16.7. The number of rotatable bonds is 6. The third-order valence-corrected chi connectivity index (χ3v) is 5.37. The number of hydrogen-bond acceptors (Lipinski definition) is 7. The molecule has 11 heteroatoms. The second kappa shape index (κ2) is 7.58. The molecule has 28 heavy (non-hydrogen) atoms. The Hall–Kier alpha value is -2.95. The first kappa shape index (κ1) is 19.8. The second-order valence-corrected chi connectivity index (χ2v) is 8.30. The molecule has 0 radical (unpaired) electrons. The maximum Gasteiger partial charge on any atom is 0.275 e. The van der Waals surface area contributed by atoms with Crippen molar-refractivity contribution in [2.24, 2.45) is 0 Å². The van der Waals surface area contributed by atoms with Crippen molar-refractivity contribution in [2.75, 3.05) is 18.4 Å². The van der Waals surface area contributed by atoms with Crippen molar-refractivity contribution in [3.8, 4) is 11.5 Å². The van der Waals surface area contributed by atoms with E-state index < -0.39 is 32.8 Å². The lowest BCUT2D eigenvalue weighted by molar-refractivity contribution is 0.0937. The number of pyridine rings is 1. The Labute approximate surface area is 159 Å². The molecule has 1 aromatic heterocycles. The van der Waals surface area contributed by atoms with Crippen LogP contribution >= 0.6 is 0 Å². The van der Waals surface area contributed by atoms with Crippen molar-refractivity contribution in [2.45, 2.75) is 18.7 Å². The number of hydrogen-bond donors (Lipinski definition) is 2. The van der Waals surface area contributed by atoms with E-state index in [1.54, 1.807) is 6.92 Å². The highest BCUT2D eigenvalue weighted by Crippen LogP contribution is 2.37. The monoisotopic (exact) mass is 413 g/mol. The fraction of sp³-hybridized carbons (Fsp3) is 0.294. The maximum atomic E-state index is 13.4. The molecule has 1 aliphatic rings. The van der Waals surface area contributed by atoms with Gasteiger partial charge in [-0.2, -0.15) is 0 Å². The maximum absolute atomic E-state index is 13.4. The van der Waals surface area contributed by atoms with Crippen LogP contribution in [0.4, 0.5) is 20.3 Å². The van der Waals surface area contributed by atoms with Crippen molar-refractivity contribution >= 4 is 27.2 Å². The predicted molar refractivity (Wildman–Crippen MR) is 96.4 cm³/mol. The van der Waals surface area contributed by atoms with Crippen LogP contribution in [0, 0.1) is 11.6 Å². The molecule has 2 aromatic rings. The Balaban J connectivity index is 1.94. The van der Waals surface area contributed by atoms with Crippen LogP contribution in [-0.4, -0.2) is 37.7 Å². The highest BCUT2D eigenvalue weighted by Gasteiger charge is 2.29. The van der Waals surface area contributed by atoms with Crippen molar-refractivity contribution in [1.29, 1.82) is 0 Å². The Bertz CT molecular complexity index is 1010. The molecule has 150 valence electrons. The summed E-state index contributed by atoms with van der Waals surface area (Å²) in [5, 5.41) is 3.97. The van der Waals surface area contributed by atoms with Gasteiger partial charge in [-0.05, 0) is 18.6 Å². The van der Waals surface area contributed by atoms with Gasteiger partial charge in [0.2, 0.25) is 6.79 Å². The molecule has 1 unspecified atom stereocenters. The molecule has 2 N–H and O–H groups in total. The zero-order valence-electron chi connectivity index (χ0n) is 15.0. The van der Waals surface area contributed by atoms with Crippen LogP contribution in [0.15, 0.2) is 24.3 Å². The number of nitrogens with one attached hydrogen (secondary N) is 2. The van der Waals surface area contributed by atoms with Crippen molar-refractivity contribution in [1.82, 2.24) is 10.3 Å². The number of anilines is 2. The fourth-order valence-corrected chi connectivity index (χ4v) is 3.55. The summed E-state index contributed by atoms with van der Waals surface area (Å²) in [6, 6.07) is 4.21. The van der Waals surface area contributed by atoms with Crippen molar-refractivity contribution < 1.29 is 31.5 Å². The minimum absolute atomic E-state index is 0.0526. The minimum Gasteiger partial charge on any atom is -0.453 e. The van der Waals surface area contributed by atoms with E-state index in [1.165, 1.54) is 6.07 Å².